The smallest absolute Gasteiger partial charge is 0.273 e. The van der Waals surface area contributed by atoms with E-state index in [-0.39, 0.29) is 5.91 Å². The van der Waals surface area contributed by atoms with Gasteiger partial charge in [0.15, 0.2) is 16.5 Å². The van der Waals surface area contributed by atoms with Gasteiger partial charge in [-0.1, -0.05) is 0 Å². The number of thiazole rings is 1. The zero-order valence-electron chi connectivity index (χ0n) is 12.4. The first-order chi connectivity index (χ1) is 9.95. The standard InChI is InChI=1S/C14H16N4O2S/c1-7-6-18-11(8(2)16-14(18)21-7)5-15-13(19)12-9(3)20-10(4)17-12/h6H,5H2,1-4H3,(H,15,19). The third kappa shape index (κ3) is 2.44. The van der Waals surface area contributed by atoms with Gasteiger partial charge in [-0.2, -0.15) is 0 Å². The van der Waals surface area contributed by atoms with E-state index in [1.54, 1.807) is 25.2 Å². The normalized spacial score (nSPS) is 11.2. The second kappa shape index (κ2) is 5.00. The number of aromatic nitrogens is 3. The number of amides is 1. The molecule has 110 valence electrons. The number of nitrogens with zero attached hydrogens (tertiary/aromatic N) is 3. The average Bonchev–Trinajstić information content (AvgIpc) is 3.00. The fourth-order valence-electron chi connectivity index (χ4n) is 2.31. The number of hydrogen-bond donors (Lipinski definition) is 1. The summed E-state index contributed by atoms with van der Waals surface area (Å²) in [5.74, 6) is 0.797. The molecule has 0 aliphatic carbocycles. The number of aryl methyl sites for hydroxylation is 4. The van der Waals surface area contributed by atoms with Crippen molar-refractivity contribution in [3.8, 4) is 0 Å². The maximum Gasteiger partial charge on any atom is 0.273 e. The molecule has 1 N–H and O–H groups in total. The Hall–Kier alpha value is -2.15. The predicted octanol–water partition coefficient (Wildman–Crippen LogP) is 2.55. The molecule has 6 nitrogen and oxygen atoms in total. The first-order valence-corrected chi connectivity index (χ1v) is 7.43. The van der Waals surface area contributed by atoms with Crippen molar-refractivity contribution in [3.05, 3.63) is 39.8 Å². The van der Waals surface area contributed by atoms with E-state index in [0.717, 1.165) is 16.3 Å². The molecule has 7 heteroatoms. The molecule has 0 saturated heterocycles. The summed E-state index contributed by atoms with van der Waals surface area (Å²) in [7, 11) is 0. The Bertz CT molecular complexity index is 828. The number of rotatable bonds is 3. The number of hydrogen-bond acceptors (Lipinski definition) is 5. The minimum atomic E-state index is -0.231. The summed E-state index contributed by atoms with van der Waals surface area (Å²) in [4.78, 5) is 22.9. The van der Waals surface area contributed by atoms with E-state index in [1.807, 2.05) is 24.4 Å². The van der Waals surface area contributed by atoms with Crippen molar-refractivity contribution in [2.75, 3.05) is 0 Å². The zero-order chi connectivity index (χ0) is 15.1. The molecule has 3 heterocycles. The van der Waals surface area contributed by atoms with Crippen LogP contribution in [0.15, 0.2) is 10.6 Å². The highest BCUT2D eigenvalue weighted by molar-refractivity contribution is 7.17. The number of carbonyl (C=O) groups is 1. The molecule has 0 fully saturated rings. The Labute approximate surface area is 125 Å². The van der Waals surface area contributed by atoms with Crippen LogP contribution in [-0.4, -0.2) is 20.3 Å². The fraction of sp³-hybridized carbons (Fsp3) is 0.357. The summed E-state index contributed by atoms with van der Waals surface area (Å²) in [5.41, 5.74) is 2.25. The van der Waals surface area contributed by atoms with Gasteiger partial charge >= 0.3 is 0 Å². The second-order valence-corrected chi connectivity index (χ2v) is 6.17. The Kier molecular flexibility index (Phi) is 3.29. The molecule has 0 bridgehead atoms. The molecule has 0 atom stereocenters. The van der Waals surface area contributed by atoms with Gasteiger partial charge in [-0.05, 0) is 20.8 Å². The van der Waals surface area contributed by atoms with Crippen LogP contribution in [0.2, 0.25) is 0 Å². The highest BCUT2D eigenvalue weighted by Gasteiger charge is 2.17. The Morgan fingerprint density at radius 2 is 2.10 bits per heavy atom. The maximum absolute atomic E-state index is 12.2. The van der Waals surface area contributed by atoms with Crippen LogP contribution in [-0.2, 0) is 6.54 Å². The Morgan fingerprint density at radius 1 is 1.33 bits per heavy atom. The van der Waals surface area contributed by atoms with Gasteiger partial charge in [-0.25, -0.2) is 9.97 Å². The van der Waals surface area contributed by atoms with Gasteiger partial charge in [-0.15, -0.1) is 11.3 Å². The molecule has 0 aliphatic heterocycles. The van der Waals surface area contributed by atoms with E-state index in [2.05, 4.69) is 15.3 Å². The zero-order valence-corrected chi connectivity index (χ0v) is 13.2. The molecule has 21 heavy (non-hydrogen) atoms. The lowest BCUT2D eigenvalue weighted by atomic mass is 10.3. The van der Waals surface area contributed by atoms with E-state index >= 15 is 0 Å². The van der Waals surface area contributed by atoms with Crippen molar-refractivity contribution in [1.29, 1.82) is 0 Å². The van der Waals surface area contributed by atoms with E-state index in [9.17, 15) is 4.79 Å². The molecule has 0 radical (unpaired) electrons. The van der Waals surface area contributed by atoms with Gasteiger partial charge in [0.2, 0.25) is 0 Å². The van der Waals surface area contributed by atoms with Crippen LogP contribution >= 0.6 is 11.3 Å². The molecule has 0 unspecified atom stereocenters. The second-order valence-electron chi connectivity index (χ2n) is 4.96. The summed E-state index contributed by atoms with van der Waals surface area (Å²) >= 11 is 1.64. The van der Waals surface area contributed by atoms with Crippen molar-refractivity contribution < 1.29 is 9.21 Å². The van der Waals surface area contributed by atoms with Gasteiger partial charge < -0.3 is 9.73 Å². The largest absolute Gasteiger partial charge is 0.445 e. The van der Waals surface area contributed by atoms with Gasteiger partial charge in [-0.3, -0.25) is 9.20 Å². The monoisotopic (exact) mass is 304 g/mol. The summed E-state index contributed by atoms with van der Waals surface area (Å²) in [6, 6.07) is 0. The van der Waals surface area contributed by atoms with Gasteiger partial charge in [0.1, 0.15) is 5.76 Å². The van der Waals surface area contributed by atoms with Crippen LogP contribution in [0.1, 0.15) is 38.4 Å². The van der Waals surface area contributed by atoms with Crippen LogP contribution in [0.25, 0.3) is 4.96 Å². The number of imidazole rings is 1. The molecule has 1 amide bonds. The van der Waals surface area contributed by atoms with Crippen LogP contribution in [0.5, 0.6) is 0 Å². The third-order valence-electron chi connectivity index (χ3n) is 3.28. The predicted molar refractivity (Wildman–Crippen MR) is 79.7 cm³/mol. The maximum atomic E-state index is 12.2. The SMILES string of the molecule is Cc1nc(C(=O)NCc2c(C)nc3sc(C)cn23)c(C)o1. The number of fused-ring (bicyclic) bond motifs is 1. The van der Waals surface area contributed by atoms with Crippen LogP contribution in [0, 0.1) is 27.7 Å². The van der Waals surface area contributed by atoms with Gasteiger partial charge in [0.05, 0.1) is 17.9 Å². The highest BCUT2D eigenvalue weighted by atomic mass is 32.1. The molecular weight excluding hydrogens is 288 g/mol. The van der Waals surface area contributed by atoms with Gasteiger partial charge in [0.25, 0.3) is 5.91 Å². The topological polar surface area (TPSA) is 72.4 Å². The number of nitrogens with one attached hydrogen (secondary N) is 1. The quantitative estimate of drug-likeness (QED) is 0.807. The number of carbonyl (C=O) groups excluding carboxylic acids is 1. The fourth-order valence-corrected chi connectivity index (χ4v) is 3.20. The lowest BCUT2D eigenvalue weighted by Crippen LogP contribution is -2.24. The first-order valence-electron chi connectivity index (χ1n) is 6.62. The lowest BCUT2D eigenvalue weighted by Gasteiger charge is -2.04. The molecule has 0 aliphatic rings. The summed E-state index contributed by atoms with van der Waals surface area (Å²) in [5, 5.41) is 2.88. The minimum absolute atomic E-state index is 0.231. The van der Waals surface area contributed by atoms with Crippen molar-refractivity contribution >= 4 is 22.2 Å². The number of oxazole rings is 1. The average molecular weight is 304 g/mol. The van der Waals surface area contributed by atoms with Crippen molar-refractivity contribution in [2.45, 2.75) is 34.2 Å². The van der Waals surface area contributed by atoms with Crippen LogP contribution in [0.4, 0.5) is 0 Å². The molecule has 3 rings (SSSR count). The van der Waals surface area contributed by atoms with Gasteiger partial charge in [0, 0.05) is 18.0 Å². The minimum Gasteiger partial charge on any atom is -0.445 e. The van der Waals surface area contributed by atoms with E-state index in [4.69, 9.17) is 4.42 Å². The molecule has 0 saturated carbocycles. The first kappa shape index (κ1) is 13.8. The molecule has 0 aromatic carbocycles. The molecule has 3 aromatic heterocycles. The third-order valence-corrected chi connectivity index (χ3v) is 4.17. The molecule has 0 spiro atoms. The lowest BCUT2D eigenvalue weighted by molar-refractivity contribution is 0.0944. The highest BCUT2D eigenvalue weighted by Crippen LogP contribution is 2.20. The van der Waals surface area contributed by atoms with E-state index in [0.29, 0.717) is 23.9 Å². The summed E-state index contributed by atoms with van der Waals surface area (Å²) in [6.07, 6.45) is 2.03. The van der Waals surface area contributed by atoms with Crippen LogP contribution < -0.4 is 5.32 Å². The van der Waals surface area contributed by atoms with E-state index < -0.39 is 0 Å². The van der Waals surface area contributed by atoms with Crippen molar-refractivity contribution in [1.82, 2.24) is 19.7 Å². The summed E-state index contributed by atoms with van der Waals surface area (Å²) < 4.78 is 7.31. The Morgan fingerprint density at radius 3 is 2.76 bits per heavy atom. The molecule has 3 aromatic rings. The Balaban J connectivity index is 1.81. The van der Waals surface area contributed by atoms with Crippen molar-refractivity contribution in [2.24, 2.45) is 0 Å². The molecular formula is C14H16N4O2S. The summed E-state index contributed by atoms with van der Waals surface area (Å²) in [6.45, 7) is 7.86. The van der Waals surface area contributed by atoms with Crippen molar-refractivity contribution in [3.63, 3.8) is 0 Å². The van der Waals surface area contributed by atoms with E-state index in [1.165, 1.54) is 4.88 Å². The van der Waals surface area contributed by atoms with Crippen LogP contribution in [0.3, 0.4) is 0 Å².